The Bertz CT molecular complexity index is 131. The van der Waals surface area contributed by atoms with Crippen LogP contribution in [0.4, 0.5) is 13.2 Å². The summed E-state index contributed by atoms with van der Waals surface area (Å²) >= 11 is 0. The molecule has 0 saturated heterocycles. The third-order valence-electron chi connectivity index (χ3n) is 1.89. The van der Waals surface area contributed by atoms with E-state index in [0.717, 1.165) is 12.8 Å². The van der Waals surface area contributed by atoms with Gasteiger partial charge in [0.2, 0.25) is 0 Å². The summed E-state index contributed by atoms with van der Waals surface area (Å²) in [6, 6.07) is 0. The lowest BCUT2D eigenvalue weighted by Crippen LogP contribution is -2.28. The SMILES string of the molecule is CC(C)CCCC[C@@H](O)C(F)(F)F. The Hall–Kier alpha value is -0.250. The summed E-state index contributed by atoms with van der Waals surface area (Å²) in [4.78, 5) is 0. The van der Waals surface area contributed by atoms with Crippen molar-refractivity contribution in [3.63, 3.8) is 0 Å². The van der Waals surface area contributed by atoms with Crippen molar-refractivity contribution in [3.8, 4) is 0 Å². The van der Waals surface area contributed by atoms with Crippen LogP contribution in [0, 0.1) is 5.92 Å². The molecule has 0 radical (unpaired) electrons. The molecule has 1 N–H and O–H groups in total. The molecule has 0 fully saturated rings. The number of hydrogen-bond acceptors (Lipinski definition) is 1. The molecule has 0 aromatic rings. The minimum absolute atomic E-state index is 0.170. The molecule has 0 unspecified atom stereocenters. The monoisotopic (exact) mass is 198 g/mol. The smallest absolute Gasteiger partial charge is 0.384 e. The van der Waals surface area contributed by atoms with Gasteiger partial charge in [-0.2, -0.15) is 13.2 Å². The number of alkyl halides is 3. The van der Waals surface area contributed by atoms with Gasteiger partial charge in [-0.25, -0.2) is 0 Å². The Labute approximate surface area is 76.9 Å². The van der Waals surface area contributed by atoms with Gasteiger partial charge in [0.15, 0.2) is 0 Å². The van der Waals surface area contributed by atoms with Gasteiger partial charge in [0.25, 0.3) is 0 Å². The molecule has 0 amide bonds. The molecule has 1 atom stereocenters. The van der Waals surface area contributed by atoms with E-state index in [4.69, 9.17) is 5.11 Å². The molecule has 0 aliphatic heterocycles. The van der Waals surface area contributed by atoms with E-state index < -0.39 is 12.3 Å². The maximum Gasteiger partial charge on any atom is 0.414 e. The highest BCUT2D eigenvalue weighted by atomic mass is 19.4. The van der Waals surface area contributed by atoms with Crippen LogP contribution >= 0.6 is 0 Å². The van der Waals surface area contributed by atoms with Crippen LogP contribution in [-0.2, 0) is 0 Å². The minimum Gasteiger partial charge on any atom is -0.384 e. The van der Waals surface area contributed by atoms with E-state index in [1.54, 1.807) is 0 Å². The van der Waals surface area contributed by atoms with E-state index in [1.807, 2.05) is 13.8 Å². The zero-order valence-corrected chi connectivity index (χ0v) is 8.06. The maximum absolute atomic E-state index is 11.8. The predicted octanol–water partition coefficient (Wildman–Crippen LogP) is 3.13. The molecule has 0 aromatic heterocycles. The van der Waals surface area contributed by atoms with Crippen LogP contribution in [0.5, 0.6) is 0 Å². The van der Waals surface area contributed by atoms with E-state index in [1.165, 1.54) is 0 Å². The first kappa shape index (κ1) is 12.8. The Kier molecular flexibility index (Phi) is 5.37. The van der Waals surface area contributed by atoms with Crippen LogP contribution in [-0.4, -0.2) is 17.4 Å². The van der Waals surface area contributed by atoms with Gasteiger partial charge in [-0.3, -0.25) is 0 Å². The standard InChI is InChI=1S/C9H17F3O/c1-7(2)5-3-4-6-8(13)9(10,11)12/h7-8,13H,3-6H2,1-2H3/t8-/m1/s1. The van der Waals surface area contributed by atoms with E-state index >= 15 is 0 Å². The first-order valence-corrected chi connectivity index (χ1v) is 4.59. The second-order valence-electron chi connectivity index (χ2n) is 3.74. The van der Waals surface area contributed by atoms with Gasteiger partial charge in [-0.1, -0.05) is 33.1 Å². The fourth-order valence-electron chi connectivity index (χ4n) is 1.05. The lowest BCUT2D eigenvalue weighted by Gasteiger charge is -2.14. The molecule has 0 bridgehead atoms. The Balaban J connectivity index is 3.43. The number of unbranched alkanes of at least 4 members (excludes halogenated alkanes) is 1. The minimum atomic E-state index is -4.45. The van der Waals surface area contributed by atoms with Crippen molar-refractivity contribution in [1.82, 2.24) is 0 Å². The van der Waals surface area contributed by atoms with Crippen molar-refractivity contribution >= 4 is 0 Å². The number of hydrogen-bond donors (Lipinski definition) is 1. The van der Waals surface area contributed by atoms with Crippen LogP contribution in [0.3, 0.4) is 0 Å². The van der Waals surface area contributed by atoms with Gasteiger partial charge in [0.05, 0.1) is 0 Å². The van der Waals surface area contributed by atoms with Crippen molar-refractivity contribution in [2.24, 2.45) is 5.92 Å². The largest absolute Gasteiger partial charge is 0.414 e. The maximum atomic E-state index is 11.8. The average molecular weight is 198 g/mol. The molecule has 0 aliphatic rings. The fraction of sp³-hybridized carbons (Fsp3) is 1.00. The molecular formula is C9H17F3O. The zero-order valence-electron chi connectivity index (χ0n) is 8.06. The van der Waals surface area contributed by atoms with Crippen LogP contribution < -0.4 is 0 Å². The zero-order chi connectivity index (χ0) is 10.5. The topological polar surface area (TPSA) is 20.2 Å². The quantitative estimate of drug-likeness (QED) is 0.673. The molecule has 13 heavy (non-hydrogen) atoms. The molecule has 80 valence electrons. The first-order chi connectivity index (χ1) is 5.84. The van der Waals surface area contributed by atoms with E-state index in [2.05, 4.69) is 0 Å². The van der Waals surface area contributed by atoms with Crippen molar-refractivity contribution in [2.45, 2.75) is 51.8 Å². The second-order valence-corrected chi connectivity index (χ2v) is 3.74. The van der Waals surface area contributed by atoms with E-state index in [-0.39, 0.29) is 6.42 Å². The third kappa shape index (κ3) is 6.87. The van der Waals surface area contributed by atoms with Gasteiger partial charge < -0.3 is 5.11 Å². The fourth-order valence-corrected chi connectivity index (χ4v) is 1.05. The van der Waals surface area contributed by atoms with Gasteiger partial charge in [0.1, 0.15) is 6.10 Å². The molecule has 0 aromatic carbocycles. The van der Waals surface area contributed by atoms with Gasteiger partial charge in [0, 0.05) is 0 Å². The lowest BCUT2D eigenvalue weighted by atomic mass is 10.0. The summed E-state index contributed by atoms with van der Waals surface area (Å²) < 4.78 is 35.4. The van der Waals surface area contributed by atoms with Crippen molar-refractivity contribution < 1.29 is 18.3 Å². The molecule has 1 nitrogen and oxygen atoms in total. The highest BCUT2D eigenvalue weighted by Gasteiger charge is 2.37. The van der Waals surface area contributed by atoms with Gasteiger partial charge in [-0.15, -0.1) is 0 Å². The summed E-state index contributed by atoms with van der Waals surface area (Å²) in [6.45, 7) is 4.06. The number of rotatable bonds is 5. The normalized spacial score (nSPS) is 15.0. The van der Waals surface area contributed by atoms with Crippen LogP contribution in [0.2, 0.25) is 0 Å². The predicted molar refractivity (Wildman–Crippen MR) is 45.4 cm³/mol. The number of halogens is 3. The van der Waals surface area contributed by atoms with Crippen molar-refractivity contribution in [3.05, 3.63) is 0 Å². The highest BCUT2D eigenvalue weighted by molar-refractivity contribution is 4.64. The number of aliphatic hydroxyl groups is 1. The molecule has 0 rings (SSSR count). The molecule has 0 aliphatic carbocycles. The van der Waals surface area contributed by atoms with Crippen LogP contribution in [0.25, 0.3) is 0 Å². The molecule has 0 spiro atoms. The van der Waals surface area contributed by atoms with E-state index in [0.29, 0.717) is 12.3 Å². The highest BCUT2D eigenvalue weighted by Crippen LogP contribution is 2.24. The summed E-state index contributed by atoms with van der Waals surface area (Å²) in [5.41, 5.74) is 0. The summed E-state index contributed by atoms with van der Waals surface area (Å²) in [6.07, 6.45) is -4.64. The Morgan fingerprint density at radius 3 is 1.92 bits per heavy atom. The Morgan fingerprint density at radius 2 is 1.54 bits per heavy atom. The number of aliphatic hydroxyl groups excluding tert-OH is 1. The Morgan fingerprint density at radius 1 is 1.08 bits per heavy atom. The van der Waals surface area contributed by atoms with E-state index in [9.17, 15) is 13.2 Å². The molecule has 0 saturated carbocycles. The summed E-state index contributed by atoms with van der Waals surface area (Å²) in [7, 11) is 0. The van der Waals surface area contributed by atoms with Gasteiger partial charge >= 0.3 is 6.18 Å². The van der Waals surface area contributed by atoms with Crippen molar-refractivity contribution in [2.75, 3.05) is 0 Å². The first-order valence-electron chi connectivity index (χ1n) is 4.59. The van der Waals surface area contributed by atoms with Crippen LogP contribution in [0.15, 0.2) is 0 Å². The van der Waals surface area contributed by atoms with Gasteiger partial charge in [-0.05, 0) is 12.3 Å². The van der Waals surface area contributed by atoms with Crippen molar-refractivity contribution in [1.29, 1.82) is 0 Å². The molecule has 4 heteroatoms. The lowest BCUT2D eigenvalue weighted by molar-refractivity contribution is -0.205. The average Bonchev–Trinajstić information content (AvgIpc) is 1.95. The second kappa shape index (κ2) is 5.47. The van der Waals surface area contributed by atoms with Crippen LogP contribution in [0.1, 0.15) is 39.5 Å². The summed E-state index contributed by atoms with van der Waals surface area (Å²) in [5.74, 6) is 0.517. The molecule has 0 heterocycles. The summed E-state index contributed by atoms with van der Waals surface area (Å²) in [5, 5.41) is 8.63. The molecular weight excluding hydrogens is 181 g/mol. The third-order valence-corrected chi connectivity index (χ3v) is 1.89.